The quantitative estimate of drug-likeness (QED) is 0.777. The normalized spacial score (nSPS) is 24.2. The Morgan fingerprint density at radius 3 is 2.83 bits per heavy atom. The average Bonchev–Trinajstić information content (AvgIpc) is 3.26. The monoisotopic (exact) mass is 352 g/mol. The highest BCUT2D eigenvalue weighted by Crippen LogP contribution is 2.37. The molecule has 2 heterocycles. The van der Waals surface area contributed by atoms with Gasteiger partial charge in [-0.3, -0.25) is 15.0 Å². The molecule has 6 nitrogen and oxygen atoms in total. The van der Waals surface area contributed by atoms with Gasteiger partial charge in [0, 0.05) is 12.3 Å². The van der Waals surface area contributed by atoms with E-state index in [4.69, 9.17) is 14.6 Å². The molecule has 24 heavy (non-hydrogen) atoms. The van der Waals surface area contributed by atoms with Crippen molar-refractivity contribution in [1.29, 1.82) is 0 Å². The minimum absolute atomic E-state index is 0.0297. The van der Waals surface area contributed by atoms with Gasteiger partial charge in [0.05, 0.1) is 12.5 Å². The van der Waals surface area contributed by atoms with Crippen molar-refractivity contribution in [1.82, 2.24) is 10.2 Å². The minimum Gasteiger partial charge on any atom is -0.493 e. The van der Waals surface area contributed by atoms with Gasteiger partial charge in [-0.05, 0) is 43.6 Å². The topological polar surface area (TPSA) is 71.0 Å². The molecule has 2 unspecified atom stereocenters. The van der Waals surface area contributed by atoms with E-state index >= 15 is 0 Å². The Hall–Kier alpha value is -1.44. The predicted octanol–water partition coefficient (Wildman–Crippen LogP) is 1.96. The number of likely N-dealkylation sites (tertiary alicyclic amines) is 1. The number of carboxylic acids is 1. The van der Waals surface area contributed by atoms with E-state index in [0.29, 0.717) is 18.1 Å². The summed E-state index contributed by atoms with van der Waals surface area (Å²) in [6.45, 7) is 3.85. The maximum atomic E-state index is 11.1. The number of hydrogen-bond acceptors (Lipinski definition) is 6. The van der Waals surface area contributed by atoms with Crippen molar-refractivity contribution in [2.75, 3.05) is 39.1 Å². The molecule has 0 radical (unpaired) electrons. The van der Waals surface area contributed by atoms with Crippen molar-refractivity contribution in [2.45, 2.75) is 24.3 Å². The van der Waals surface area contributed by atoms with Crippen LogP contribution in [0.4, 0.5) is 0 Å². The number of thioether (sulfide) groups is 1. The van der Waals surface area contributed by atoms with Crippen LogP contribution in [0.1, 0.15) is 23.8 Å². The van der Waals surface area contributed by atoms with E-state index in [9.17, 15) is 4.79 Å². The zero-order valence-electron chi connectivity index (χ0n) is 13.9. The molecular weight excluding hydrogens is 328 g/mol. The third-order valence-electron chi connectivity index (χ3n) is 4.43. The lowest BCUT2D eigenvalue weighted by Crippen LogP contribution is -2.33. The summed E-state index contributed by atoms with van der Waals surface area (Å²) in [5, 5.41) is 12.2. The molecule has 0 bridgehead atoms. The first-order valence-corrected chi connectivity index (χ1v) is 9.36. The Labute approximate surface area is 146 Å². The standard InChI is InChI=1S/C17H24N2O4S/c1-22-14-5-4-12(16-18-13(11-24-16)17(20)21)10-15(14)23-9-8-19-6-2-3-7-19/h4-5,10,13,16,18H,2-3,6-9,11H2,1H3,(H,20,21). The lowest BCUT2D eigenvalue weighted by atomic mass is 10.2. The highest BCUT2D eigenvalue weighted by atomic mass is 32.2. The van der Waals surface area contributed by atoms with Crippen molar-refractivity contribution >= 4 is 17.7 Å². The second kappa shape index (κ2) is 8.09. The van der Waals surface area contributed by atoms with Crippen LogP contribution in [-0.2, 0) is 4.79 Å². The zero-order valence-corrected chi connectivity index (χ0v) is 14.7. The molecule has 2 aliphatic rings. The molecule has 2 aliphatic heterocycles. The molecule has 0 amide bonds. The van der Waals surface area contributed by atoms with E-state index in [1.54, 1.807) is 18.9 Å². The summed E-state index contributed by atoms with van der Waals surface area (Å²) in [7, 11) is 1.63. The van der Waals surface area contributed by atoms with E-state index < -0.39 is 12.0 Å². The van der Waals surface area contributed by atoms with Crippen molar-refractivity contribution in [3.63, 3.8) is 0 Å². The van der Waals surface area contributed by atoms with Crippen molar-refractivity contribution in [3.05, 3.63) is 23.8 Å². The molecular formula is C17H24N2O4S. The first-order valence-electron chi connectivity index (χ1n) is 8.31. The number of aliphatic carboxylic acids is 1. The van der Waals surface area contributed by atoms with E-state index in [1.807, 2.05) is 18.2 Å². The summed E-state index contributed by atoms with van der Waals surface area (Å²) in [6.07, 6.45) is 2.54. The summed E-state index contributed by atoms with van der Waals surface area (Å²) in [6, 6.07) is 5.30. The maximum Gasteiger partial charge on any atom is 0.321 e. The first-order chi connectivity index (χ1) is 11.7. The number of benzene rings is 1. The van der Waals surface area contributed by atoms with Crippen LogP contribution >= 0.6 is 11.8 Å². The van der Waals surface area contributed by atoms with Crippen molar-refractivity contribution in [3.8, 4) is 11.5 Å². The fourth-order valence-corrected chi connectivity index (χ4v) is 4.29. The van der Waals surface area contributed by atoms with Gasteiger partial charge >= 0.3 is 5.97 Å². The molecule has 0 spiro atoms. The van der Waals surface area contributed by atoms with Gasteiger partial charge in [-0.2, -0.15) is 0 Å². The van der Waals surface area contributed by atoms with E-state index in [-0.39, 0.29) is 5.37 Å². The van der Waals surface area contributed by atoms with Gasteiger partial charge in [-0.25, -0.2) is 0 Å². The first kappa shape index (κ1) is 17.4. The largest absolute Gasteiger partial charge is 0.493 e. The molecule has 132 valence electrons. The van der Waals surface area contributed by atoms with E-state index in [2.05, 4.69) is 10.2 Å². The number of carboxylic acid groups (broad SMARTS) is 1. The second-order valence-electron chi connectivity index (χ2n) is 6.08. The smallest absolute Gasteiger partial charge is 0.321 e. The molecule has 0 aliphatic carbocycles. The van der Waals surface area contributed by atoms with Crippen molar-refractivity contribution < 1.29 is 19.4 Å². The van der Waals surface area contributed by atoms with Crippen LogP contribution in [0.3, 0.4) is 0 Å². The number of methoxy groups -OCH3 is 1. The molecule has 2 N–H and O–H groups in total. The molecule has 2 fully saturated rings. The van der Waals surface area contributed by atoms with Gasteiger partial charge in [0.15, 0.2) is 11.5 Å². The van der Waals surface area contributed by atoms with Crippen LogP contribution in [0, 0.1) is 0 Å². The predicted molar refractivity (Wildman–Crippen MR) is 93.9 cm³/mol. The zero-order chi connectivity index (χ0) is 16.9. The Morgan fingerprint density at radius 1 is 1.38 bits per heavy atom. The van der Waals surface area contributed by atoms with Gasteiger partial charge < -0.3 is 14.6 Å². The maximum absolute atomic E-state index is 11.1. The third kappa shape index (κ3) is 4.15. The molecule has 2 saturated heterocycles. The van der Waals surface area contributed by atoms with Crippen LogP contribution in [0.2, 0.25) is 0 Å². The van der Waals surface area contributed by atoms with E-state index in [1.165, 1.54) is 12.8 Å². The lowest BCUT2D eigenvalue weighted by molar-refractivity contribution is -0.138. The van der Waals surface area contributed by atoms with Crippen LogP contribution in [0.5, 0.6) is 11.5 Å². The van der Waals surface area contributed by atoms with Gasteiger partial charge in [-0.1, -0.05) is 6.07 Å². The van der Waals surface area contributed by atoms with Crippen LogP contribution < -0.4 is 14.8 Å². The number of hydrogen-bond donors (Lipinski definition) is 2. The number of nitrogens with zero attached hydrogens (tertiary/aromatic N) is 1. The Kier molecular flexibility index (Phi) is 5.86. The minimum atomic E-state index is -0.805. The highest BCUT2D eigenvalue weighted by molar-refractivity contribution is 7.99. The number of nitrogens with one attached hydrogen (secondary N) is 1. The molecule has 7 heteroatoms. The Morgan fingerprint density at radius 2 is 2.17 bits per heavy atom. The second-order valence-corrected chi connectivity index (χ2v) is 7.22. The van der Waals surface area contributed by atoms with Gasteiger partial charge in [0.1, 0.15) is 12.6 Å². The van der Waals surface area contributed by atoms with E-state index in [0.717, 1.165) is 30.9 Å². The lowest BCUT2D eigenvalue weighted by Gasteiger charge is -2.18. The van der Waals surface area contributed by atoms with Gasteiger partial charge in [0.25, 0.3) is 0 Å². The van der Waals surface area contributed by atoms with Crippen LogP contribution in [-0.4, -0.2) is 61.1 Å². The molecule has 1 aromatic carbocycles. The molecule has 2 atom stereocenters. The number of carbonyl (C=O) groups is 1. The Balaban J connectivity index is 1.63. The number of ether oxygens (including phenoxy) is 2. The summed E-state index contributed by atoms with van der Waals surface area (Å²) in [5.41, 5.74) is 1.01. The molecule has 1 aromatic rings. The summed E-state index contributed by atoms with van der Waals surface area (Å²) >= 11 is 1.60. The summed E-state index contributed by atoms with van der Waals surface area (Å²) in [5.74, 6) is 1.19. The fourth-order valence-electron chi connectivity index (χ4n) is 3.07. The Bertz CT molecular complexity index is 578. The summed E-state index contributed by atoms with van der Waals surface area (Å²) in [4.78, 5) is 13.5. The summed E-state index contributed by atoms with van der Waals surface area (Å²) < 4.78 is 11.3. The van der Waals surface area contributed by atoms with Crippen LogP contribution in [0.15, 0.2) is 18.2 Å². The molecule has 3 rings (SSSR count). The molecule has 0 aromatic heterocycles. The molecule has 0 saturated carbocycles. The van der Waals surface area contributed by atoms with Gasteiger partial charge in [0.2, 0.25) is 0 Å². The van der Waals surface area contributed by atoms with Gasteiger partial charge in [-0.15, -0.1) is 11.8 Å². The average molecular weight is 352 g/mol. The van der Waals surface area contributed by atoms with Crippen LogP contribution in [0.25, 0.3) is 0 Å². The highest BCUT2D eigenvalue weighted by Gasteiger charge is 2.30. The third-order valence-corrected chi connectivity index (χ3v) is 5.70. The number of rotatable bonds is 7. The SMILES string of the molecule is COc1ccc(C2NC(C(=O)O)CS2)cc1OCCN1CCCC1. The van der Waals surface area contributed by atoms with Crippen molar-refractivity contribution in [2.24, 2.45) is 0 Å². The fraction of sp³-hybridized carbons (Fsp3) is 0.588.